The summed E-state index contributed by atoms with van der Waals surface area (Å²) in [6.07, 6.45) is -1.23. The van der Waals surface area contributed by atoms with E-state index in [0.717, 1.165) is 16.7 Å². The summed E-state index contributed by atoms with van der Waals surface area (Å²) in [6.45, 7) is 3.80. The number of benzene rings is 1. The van der Waals surface area contributed by atoms with Crippen LogP contribution < -0.4 is 5.73 Å². The number of aliphatic hydroxyl groups excluding tert-OH is 1. The Hall–Kier alpha value is 0.0700. The first kappa shape index (κ1) is 14.1. The summed E-state index contributed by atoms with van der Waals surface area (Å²) in [5.74, 6) is 0. The Balaban J connectivity index is 3.32. The Bertz CT molecular complexity index is 431. The first-order chi connectivity index (χ1) is 7.23. The van der Waals surface area contributed by atoms with Gasteiger partial charge < -0.3 is 15.4 Å². The first-order valence-electron chi connectivity index (χ1n) is 4.79. The molecule has 1 rings (SSSR count). The van der Waals surface area contributed by atoms with Crippen LogP contribution in [0.5, 0.6) is 0 Å². The number of thiol groups is 2. The molecule has 0 spiro atoms. The molecule has 2 unspecified atom stereocenters. The van der Waals surface area contributed by atoms with E-state index in [4.69, 9.17) is 5.73 Å². The molecule has 3 N–H and O–H groups in total. The minimum atomic E-state index is -3.09. The minimum absolute atomic E-state index is 0.739. The predicted molar refractivity (Wildman–Crippen MR) is 74.4 cm³/mol. The molecule has 1 aromatic carbocycles. The van der Waals surface area contributed by atoms with Crippen molar-refractivity contribution in [2.45, 2.75) is 25.7 Å². The first-order valence-corrected chi connectivity index (χ1v) is 8.87. The molecule has 90 valence electrons. The van der Waals surface area contributed by atoms with Crippen LogP contribution in [0.3, 0.4) is 0 Å². The fourth-order valence-electron chi connectivity index (χ4n) is 1.64. The number of nitrogens with two attached hydrogens (primary N) is 1. The van der Waals surface area contributed by atoms with Gasteiger partial charge in [0, 0.05) is 0 Å². The molecule has 0 radical (unpaired) electrons. The molecular weight excluding hydrogens is 261 g/mol. The molecule has 0 saturated heterocycles. The van der Waals surface area contributed by atoms with Gasteiger partial charge in [0.05, 0.1) is 5.66 Å². The molecule has 0 bridgehead atoms. The van der Waals surface area contributed by atoms with Crippen molar-refractivity contribution in [3.8, 4) is 0 Å². The monoisotopic (exact) mass is 277 g/mol. The summed E-state index contributed by atoms with van der Waals surface area (Å²) in [4.78, 5) is 0. The van der Waals surface area contributed by atoms with Crippen molar-refractivity contribution in [2.24, 2.45) is 5.73 Å². The van der Waals surface area contributed by atoms with E-state index in [9.17, 15) is 9.67 Å². The maximum absolute atomic E-state index is 11.9. The summed E-state index contributed by atoms with van der Waals surface area (Å²) in [6, 6.07) is 5.70. The molecule has 0 saturated carbocycles. The lowest BCUT2D eigenvalue weighted by atomic mass is 10.0. The highest BCUT2D eigenvalue weighted by molar-refractivity contribution is 8.80. The SMILES string of the molecule is Cc1ccc(C)c(C(C(N)O)P(=O)(S)S)c1. The molecule has 0 amide bonds. The standard InChI is InChI=1S/C10H16NO2PS2/c1-6-3-4-7(2)8(5-6)9(10(11)12)14(13,15)16/h3-5,9-10,12H,11H2,1-2H3,(H2,13,15,16). The Morgan fingerprint density at radius 3 is 2.38 bits per heavy atom. The lowest BCUT2D eigenvalue weighted by Crippen LogP contribution is -2.26. The third kappa shape index (κ3) is 3.28. The van der Waals surface area contributed by atoms with Gasteiger partial charge in [0.15, 0.2) is 5.55 Å². The Kier molecular flexibility index (Phi) is 4.55. The summed E-state index contributed by atoms with van der Waals surface area (Å²) in [5.41, 5.74) is 4.30. The summed E-state index contributed by atoms with van der Waals surface area (Å²) in [5, 5.41) is 9.52. The third-order valence-electron chi connectivity index (χ3n) is 2.44. The highest BCUT2D eigenvalue weighted by atomic mass is 33.1. The van der Waals surface area contributed by atoms with Crippen LogP contribution in [0.2, 0.25) is 0 Å². The van der Waals surface area contributed by atoms with Crippen LogP contribution in [0.15, 0.2) is 18.2 Å². The van der Waals surface area contributed by atoms with Gasteiger partial charge in [-0.1, -0.05) is 23.8 Å². The van der Waals surface area contributed by atoms with Gasteiger partial charge in [0.25, 0.3) is 0 Å². The van der Waals surface area contributed by atoms with Gasteiger partial charge >= 0.3 is 0 Å². The molecular formula is C10H16NO2PS2. The van der Waals surface area contributed by atoms with E-state index in [1.165, 1.54) is 0 Å². The minimum Gasteiger partial charge on any atom is -0.378 e. The molecule has 2 atom stereocenters. The topological polar surface area (TPSA) is 63.3 Å². The largest absolute Gasteiger partial charge is 0.378 e. The van der Waals surface area contributed by atoms with Gasteiger partial charge in [0.2, 0.25) is 0 Å². The van der Waals surface area contributed by atoms with E-state index in [-0.39, 0.29) is 0 Å². The lowest BCUT2D eigenvalue weighted by molar-refractivity contribution is 0.176. The zero-order chi connectivity index (χ0) is 12.5. The summed E-state index contributed by atoms with van der Waals surface area (Å²) >= 11 is 7.92. The van der Waals surface area contributed by atoms with Gasteiger partial charge in [-0.05, 0) is 25.0 Å². The summed E-state index contributed by atoms with van der Waals surface area (Å²) < 4.78 is 11.9. The average Bonchev–Trinajstić information content (AvgIpc) is 2.08. The quantitative estimate of drug-likeness (QED) is 0.390. The average molecular weight is 277 g/mol. The number of rotatable bonds is 3. The highest BCUT2D eigenvalue weighted by Gasteiger charge is 2.33. The lowest BCUT2D eigenvalue weighted by Gasteiger charge is -2.24. The fourth-order valence-corrected chi connectivity index (χ4v) is 4.25. The smallest absolute Gasteiger partial charge is 0.196 e. The van der Waals surface area contributed by atoms with Crippen molar-refractivity contribution in [3.63, 3.8) is 0 Å². The predicted octanol–water partition coefficient (Wildman–Crippen LogP) is 2.67. The van der Waals surface area contributed by atoms with Crippen LogP contribution in [0.25, 0.3) is 0 Å². The second kappa shape index (κ2) is 5.15. The number of hydrogen-bond donors (Lipinski definition) is 4. The third-order valence-corrected chi connectivity index (χ3v) is 5.24. The van der Waals surface area contributed by atoms with E-state index in [1.54, 1.807) is 0 Å². The van der Waals surface area contributed by atoms with Crippen LogP contribution in [0.1, 0.15) is 22.3 Å². The van der Waals surface area contributed by atoms with Gasteiger partial charge in [0.1, 0.15) is 6.23 Å². The normalized spacial score (nSPS) is 15.9. The van der Waals surface area contributed by atoms with Crippen molar-refractivity contribution in [1.29, 1.82) is 0 Å². The maximum atomic E-state index is 11.9. The van der Waals surface area contributed by atoms with Gasteiger partial charge in [-0.15, -0.1) is 24.5 Å². The molecule has 3 nitrogen and oxygen atoms in total. The van der Waals surface area contributed by atoms with Crippen molar-refractivity contribution in [3.05, 3.63) is 34.9 Å². The number of aliphatic hydroxyl groups is 1. The van der Waals surface area contributed by atoms with E-state index in [1.807, 2.05) is 32.0 Å². The van der Waals surface area contributed by atoms with E-state index in [0.29, 0.717) is 0 Å². The molecule has 0 aromatic heterocycles. The van der Waals surface area contributed by atoms with Crippen LogP contribution >= 0.6 is 30.0 Å². The molecule has 6 heteroatoms. The molecule has 0 aliphatic carbocycles. The van der Waals surface area contributed by atoms with Crippen LogP contribution in [0, 0.1) is 13.8 Å². The van der Waals surface area contributed by atoms with Crippen LogP contribution in [-0.4, -0.2) is 11.3 Å². The number of hydrogen-bond acceptors (Lipinski definition) is 3. The maximum Gasteiger partial charge on any atom is 0.196 e. The van der Waals surface area contributed by atoms with Gasteiger partial charge in [-0.3, -0.25) is 0 Å². The second-order valence-corrected chi connectivity index (χ2v) is 10.1. The van der Waals surface area contributed by atoms with Gasteiger partial charge in [-0.25, -0.2) is 0 Å². The van der Waals surface area contributed by atoms with Crippen LogP contribution in [0.4, 0.5) is 0 Å². The van der Waals surface area contributed by atoms with Gasteiger partial charge in [-0.2, -0.15) is 0 Å². The van der Waals surface area contributed by atoms with Crippen molar-refractivity contribution in [1.82, 2.24) is 0 Å². The Labute approximate surface area is 106 Å². The summed E-state index contributed by atoms with van der Waals surface area (Å²) in [7, 11) is 0. The van der Waals surface area contributed by atoms with Crippen molar-refractivity contribution >= 4 is 30.0 Å². The van der Waals surface area contributed by atoms with E-state index >= 15 is 0 Å². The Morgan fingerprint density at radius 2 is 1.94 bits per heavy atom. The molecule has 0 fully saturated rings. The molecule has 1 aromatic rings. The Morgan fingerprint density at radius 1 is 1.38 bits per heavy atom. The highest BCUT2D eigenvalue weighted by Crippen LogP contribution is 2.67. The zero-order valence-corrected chi connectivity index (χ0v) is 11.8. The van der Waals surface area contributed by atoms with Crippen molar-refractivity contribution < 1.29 is 9.67 Å². The molecule has 0 aliphatic heterocycles. The van der Waals surface area contributed by atoms with Crippen LogP contribution in [-0.2, 0) is 4.57 Å². The number of aryl methyl sites for hydroxylation is 2. The molecule has 0 aliphatic rings. The molecule has 0 heterocycles. The molecule has 16 heavy (non-hydrogen) atoms. The fraction of sp³-hybridized carbons (Fsp3) is 0.400. The second-order valence-electron chi connectivity index (χ2n) is 3.88. The zero-order valence-electron chi connectivity index (χ0n) is 9.16. The van der Waals surface area contributed by atoms with E-state index < -0.39 is 17.4 Å². The van der Waals surface area contributed by atoms with Crippen molar-refractivity contribution in [2.75, 3.05) is 0 Å². The van der Waals surface area contributed by atoms with E-state index in [2.05, 4.69) is 24.5 Å².